The third-order valence-electron chi connectivity index (χ3n) is 9.46. The number of rotatable bonds is 7. The number of fused-ring (bicyclic) bond motifs is 3. The van der Waals surface area contributed by atoms with Gasteiger partial charge in [-0.2, -0.15) is 0 Å². The lowest BCUT2D eigenvalue weighted by atomic mass is 10.0. The van der Waals surface area contributed by atoms with Crippen molar-refractivity contribution in [1.29, 1.82) is 0 Å². The SMILES string of the molecule is c1ccc(-c2ccc(N(c3ccccc3)c3ccc(-c4ccc(-n5c6ccccc6c6cc(-c7ccccn7)ccc65)cc4)cc3)cc2)cc1. The topological polar surface area (TPSA) is 21.1 Å². The molecule has 0 spiro atoms. The standard InChI is InChI=1S/C47H33N3/c1-3-11-34(12-4-1)35-18-25-40(26-19-35)49(39-13-5-2-6-14-39)41-27-20-36(21-28-41)37-22-29-42(30-23-37)50-46-17-8-7-15-43(46)44-33-38(24-31-47(44)50)45-16-9-10-32-48-45/h1-33H. The maximum atomic E-state index is 4.59. The zero-order valence-electron chi connectivity index (χ0n) is 27.4. The molecular weight excluding hydrogens is 607 g/mol. The Hall–Kier alpha value is -6.71. The third kappa shape index (κ3) is 5.41. The monoisotopic (exact) mass is 639 g/mol. The molecule has 2 aromatic heterocycles. The average molecular weight is 640 g/mol. The van der Waals surface area contributed by atoms with Crippen molar-refractivity contribution in [1.82, 2.24) is 9.55 Å². The Kier molecular flexibility index (Phi) is 7.49. The van der Waals surface area contributed by atoms with Crippen LogP contribution in [-0.2, 0) is 0 Å². The highest BCUT2D eigenvalue weighted by Crippen LogP contribution is 2.38. The van der Waals surface area contributed by atoms with Crippen LogP contribution in [0.1, 0.15) is 0 Å². The molecule has 0 aliphatic rings. The number of benzene rings is 7. The van der Waals surface area contributed by atoms with E-state index in [0.717, 1.165) is 34.0 Å². The van der Waals surface area contributed by atoms with E-state index in [1.807, 2.05) is 18.3 Å². The van der Waals surface area contributed by atoms with Crippen LogP contribution in [0.5, 0.6) is 0 Å². The molecule has 50 heavy (non-hydrogen) atoms. The van der Waals surface area contributed by atoms with Crippen molar-refractivity contribution in [2.24, 2.45) is 0 Å². The van der Waals surface area contributed by atoms with Gasteiger partial charge >= 0.3 is 0 Å². The quantitative estimate of drug-likeness (QED) is 0.173. The van der Waals surface area contributed by atoms with Crippen molar-refractivity contribution in [3.05, 3.63) is 200 Å². The molecule has 236 valence electrons. The molecule has 0 aliphatic carbocycles. The van der Waals surface area contributed by atoms with Crippen LogP contribution in [0.3, 0.4) is 0 Å². The molecule has 0 fully saturated rings. The van der Waals surface area contributed by atoms with E-state index in [0.29, 0.717) is 0 Å². The first kappa shape index (κ1) is 29.4. The van der Waals surface area contributed by atoms with Crippen molar-refractivity contribution in [2.75, 3.05) is 4.90 Å². The lowest BCUT2D eigenvalue weighted by Crippen LogP contribution is -2.09. The molecule has 0 amide bonds. The van der Waals surface area contributed by atoms with E-state index in [-0.39, 0.29) is 0 Å². The highest BCUT2D eigenvalue weighted by atomic mass is 15.1. The third-order valence-corrected chi connectivity index (χ3v) is 9.46. The van der Waals surface area contributed by atoms with Gasteiger partial charge in [-0.3, -0.25) is 4.98 Å². The molecular formula is C47H33N3. The summed E-state index contributed by atoms with van der Waals surface area (Å²) in [7, 11) is 0. The number of hydrogen-bond donors (Lipinski definition) is 0. The Labute approximate surface area is 292 Å². The normalized spacial score (nSPS) is 11.2. The summed E-state index contributed by atoms with van der Waals surface area (Å²) in [6.45, 7) is 0. The molecule has 2 heterocycles. The predicted molar refractivity (Wildman–Crippen MR) is 210 cm³/mol. The maximum Gasteiger partial charge on any atom is 0.0702 e. The summed E-state index contributed by atoms with van der Waals surface area (Å²) in [4.78, 5) is 6.90. The number of nitrogens with zero attached hydrogens (tertiary/aromatic N) is 3. The predicted octanol–water partition coefficient (Wildman–Crippen LogP) is 12.6. The highest BCUT2D eigenvalue weighted by molar-refractivity contribution is 6.10. The molecule has 0 unspecified atom stereocenters. The number of pyridine rings is 1. The second-order valence-electron chi connectivity index (χ2n) is 12.5. The van der Waals surface area contributed by atoms with Gasteiger partial charge in [0, 0.05) is 45.3 Å². The molecule has 7 aromatic carbocycles. The summed E-state index contributed by atoms with van der Waals surface area (Å²) in [6, 6.07) is 69.0. The van der Waals surface area contributed by atoms with Crippen LogP contribution in [0.2, 0.25) is 0 Å². The largest absolute Gasteiger partial charge is 0.311 e. The number of anilines is 3. The molecule has 0 bridgehead atoms. The fourth-order valence-corrected chi connectivity index (χ4v) is 7.01. The van der Waals surface area contributed by atoms with Crippen molar-refractivity contribution in [3.63, 3.8) is 0 Å². The zero-order valence-corrected chi connectivity index (χ0v) is 27.4. The van der Waals surface area contributed by atoms with Crippen molar-refractivity contribution < 1.29 is 0 Å². The van der Waals surface area contributed by atoms with Gasteiger partial charge in [0.05, 0.1) is 16.7 Å². The summed E-state index contributed by atoms with van der Waals surface area (Å²) >= 11 is 0. The van der Waals surface area contributed by atoms with E-state index in [9.17, 15) is 0 Å². The summed E-state index contributed by atoms with van der Waals surface area (Å²) in [6.07, 6.45) is 1.85. The van der Waals surface area contributed by atoms with Crippen LogP contribution in [0.15, 0.2) is 200 Å². The molecule has 0 saturated heterocycles. The first-order valence-corrected chi connectivity index (χ1v) is 17.0. The van der Waals surface area contributed by atoms with Gasteiger partial charge in [0.15, 0.2) is 0 Å². The molecule has 0 atom stereocenters. The number of para-hydroxylation sites is 2. The Morgan fingerprint density at radius 2 is 0.860 bits per heavy atom. The Morgan fingerprint density at radius 3 is 1.50 bits per heavy atom. The minimum Gasteiger partial charge on any atom is -0.311 e. The van der Waals surface area contributed by atoms with Gasteiger partial charge in [0.2, 0.25) is 0 Å². The zero-order chi connectivity index (χ0) is 33.3. The molecule has 9 rings (SSSR count). The molecule has 0 N–H and O–H groups in total. The Balaban J connectivity index is 1.04. The van der Waals surface area contributed by atoms with Crippen LogP contribution >= 0.6 is 0 Å². The van der Waals surface area contributed by atoms with Crippen molar-refractivity contribution >= 4 is 38.9 Å². The van der Waals surface area contributed by atoms with Gasteiger partial charge in [0.25, 0.3) is 0 Å². The lowest BCUT2D eigenvalue weighted by molar-refractivity contribution is 1.18. The Morgan fingerprint density at radius 1 is 0.360 bits per heavy atom. The van der Waals surface area contributed by atoms with Gasteiger partial charge in [-0.1, -0.05) is 115 Å². The van der Waals surface area contributed by atoms with Crippen LogP contribution in [0.25, 0.3) is 61.0 Å². The molecule has 0 aliphatic heterocycles. The lowest BCUT2D eigenvalue weighted by Gasteiger charge is -2.26. The van der Waals surface area contributed by atoms with E-state index in [4.69, 9.17) is 0 Å². The van der Waals surface area contributed by atoms with Gasteiger partial charge in [0.1, 0.15) is 0 Å². The van der Waals surface area contributed by atoms with Gasteiger partial charge in [-0.15, -0.1) is 0 Å². The number of aromatic nitrogens is 2. The average Bonchev–Trinajstić information content (AvgIpc) is 3.53. The van der Waals surface area contributed by atoms with E-state index in [1.54, 1.807) is 0 Å². The Bertz CT molecular complexity index is 2540. The first-order valence-electron chi connectivity index (χ1n) is 17.0. The minimum absolute atomic E-state index is 0.981. The minimum atomic E-state index is 0.981. The van der Waals surface area contributed by atoms with E-state index >= 15 is 0 Å². The van der Waals surface area contributed by atoms with Crippen LogP contribution < -0.4 is 4.90 Å². The van der Waals surface area contributed by atoms with E-state index < -0.39 is 0 Å². The molecule has 3 nitrogen and oxygen atoms in total. The smallest absolute Gasteiger partial charge is 0.0702 e. The molecule has 3 heteroatoms. The van der Waals surface area contributed by atoms with Crippen molar-refractivity contribution in [3.8, 4) is 39.2 Å². The summed E-state index contributed by atoms with van der Waals surface area (Å²) in [5, 5.41) is 2.46. The fourth-order valence-electron chi connectivity index (χ4n) is 7.01. The maximum absolute atomic E-state index is 4.59. The fraction of sp³-hybridized carbons (Fsp3) is 0. The summed E-state index contributed by atoms with van der Waals surface area (Å²) < 4.78 is 2.36. The molecule has 9 aromatic rings. The summed E-state index contributed by atoms with van der Waals surface area (Å²) in [5.41, 5.74) is 13.7. The summed E-state index contributed by atoms with van der Waals surface area (Å²) in [5.74, 6) is 0. The van der Waals surface area contributed by atoms with Crippen LogP contribution in [-0.4, -0.2) is 9.55 Å². The second-order valence-corrected chi connectivity index (χ2v) is 12.5. The van der Waals surface area contributed by atoms with Crippen LogP contribution in [0.4, 0.5) is 17.1 Å². The van der Waals surface area contributed by atoms with Gasteiger partial charge in [-0.25, -0.2) is 0 Å². The van der Waals surface area contributed by atoms with Crippen LogP contribution in [0, 0.1) is 0 Å². The van der Waals surface area contributed by atoms with E-state index in [1.165, 1.54) is 44.1 Å². The van der Waals surface area contributed by atoms with Gasteiger partial charge in [-0.05, 0) is 101 Å². The molecule has 0 radical (unpaired) electrons. The first-order chi connectivity index (χ1) is 24.8. The second kappa shape index (κ2) is 12.7. The highest BCUT2D eigenvalue weighted by Gasteiger charge is 2.15. The molecule has 0 saturated carbocycles. The number of hydrogen-bond acceptors (Lipinski definition) is 2. The van der Waals surface area contributed by atoms with Gasteiger partial charge < -0.3 is 9.47 Å². The van der Waals surface area contributed by atoms with E-state index in [2.05, 4.69) is 196 Å². The van der Waals surface area contributed by atoms with Crippen molar-refractivity contribution in [2.45, 2.75) is 0 Å².